The summed E-state index contributed by atoms with van der Waals surface area (Å²) in [5, 5.41) is 10.6. The zero-order valence-corrected chi connectivity index (χ0v) is 12.8. The van der Waals surface area contributed by atoms with Crippen molar-refractivity contribution in [3.8, 4) is 0 Å². The molecule has 1 rings (SSSR count). The molecule has 0 bridgehead atoms. The normalized spacial score (nSPS) is 14.9. The lowest BCUT2D eigenvalue weighted by molar-refractivity contribution is 0.0166. The number of benzene rings is 1. The number of nitrogens with zero attached hydrogens (tertiary/aromatic N) is 2. The third-order valence-electron chi connectivity index (χ3n) is 3.45. The first-order valence-corrected chi connectivity index (χ1v) is 7.10. The van der Waals surface area contributed by atoms with Gasteiger partial charge in [-0.3, -0.25) is 0 Å². The van der Waals surface area contributed by atoms with Gasteiger partial charge in [0.1, 0.15) is 0 Å². The van der Waals surface area contributed by atoms with Crippen LogP contribution in [-0.2, 0) is 5.60 Å². The molecule has 3 nitrogen and oxygen atoms in total. The first kappa shape index (κ1) is 16.2. The third-order valence-corrected chi connectivity index (χ3v) is 3.45. The fraction of sp³-hybridized carbons (Fsp3) is 0.625. The molecule has 0 saturated heterocycles. The van der Waals surface area contributed by atoms with Gasteiger partial charge in [-0.25, -0.2) is 0 Å². The van der Waals surface area contributed by atoms with Crippen LogP contribution < -0.4 is 0 Å². The van der Waals surface area contributed by atoms with E-state index in [9.17, 15) is 5.11 Å². The van der Waals surface area contributed by atoms with Crippen LogP contribution in [0.3, 0.4) is 0 Å². The van der Waals surface area contributed by atoms with Crippen LogP contribution in [0.4, 0.5) is 0 Å². The zero-order chi connectivity index (χ0) is 14.3. The molecule has 0 saturated carbocycles. The molecule has 3 heteroatoms. The van der Waals surface area contributed by atoms with E-state index >= 15 is 0 Å². The Hall–Kier alpha value is -0.900. The lowest BCUT2D eigenvalue weighted by atomic mass is 9.95. The molecule has 19 heavy (non-hydrogen) atoms. The number of likely N-dealkylation sites (N-methyl/N-ethyl adjacent to an activating group) is 1. The second kappa shape index (κ2) is 7.63. The number of rotatable bonds is 8. The van der Waals surface area contributed by atoms with Gasteiger partial charge in [0.25, 0.3) is 0 Å². The van der Waals surface area contributed by atoms with E-state index in [-0.39, 0.29) is 0 Å². The van der Waals surface area contributed by atoms with Gasteiger partial charge in [0.2, 0.25) is 0 Å². The molecule has 0 aromatic heterocycles. The number of hydrogen-bond acceptors (Lipinski definition) is 3. The van der Waals surface area contributed by atoms with Crippen molar-refractivity contribution in [3.05, 3.63) is 35.9 Å². The molecule has 1 aromatic rings. The summed E-state index contributed by atoms with van der Waals surface area (Å²) in [6.07, 6.45) is 1.13. The van der Waals surface area contributed by atoms with Gasteiger partial charge in [-0.15, -0.1) is 0 Å². The van der Waals surface area contributed by atoms with Crippen LogP contribution in [0.25, 0.3) is 0 Å². The second-order valence-corrected chi connectivity index (χ2v) is 5.67. The quantitative estimate of drug-likeness (QED) is 0.779. The van der Waals surface area contributed by atoms with Crippen LogP contribution in [0.5, 0.6) is 0 Å². The third kappa shape index (κ3) is 5.72. The summed E-state index contributed by atoms with van der Waals surface area (Å²) < 4.78 is 0. The summed E-state index contributed by atoms with van der Waals surface area (Å²) in [6.45, 7) is 7.81. The highest BCUT2D eigenvalue weighted by atomic mass is 16.3. The SMILES string of the molecule is CCN(CCCN(C)C)CC(C)(O)c1ccccc1. The lowest BCUT2D eigenvalue weighted by Crippen LogP contribution is -2.39. The van der Waals surface area contributed by atoms with Gasteiger partial charge in [0.15, 0.2) is 0 Å². The van der Waals surface area contributed by atoms with Gasteiger partial charge < -0.3 is 14.9 Å². The van der Waals surface area contributed by atoms with Crippen molar-refractivity contribution in [2.24, 2.45) is 0 Å². The van der Waals surface area contributed by atoms with Crippen molar-refractivity contribution in [1.29, 1.82) is 0 Å². The Morgan fingerprint density at radius 3 is 2.26 bits per heavy atom. The van der Waals surface area contributed by atoms with Gasteiger partial charge in [-0.2, -0.15) is 0 Å². The Kier molecular flexibility index (Phi) is 6.49. The van der Waals surface area contributed by atoms with Crippen molar-refractivity contribution in [2.45, 2.75) is 25.9 Å². The maximum absolute atomic E-state index is 10.6. The van der Waals surface area contributed by atoms with Crippen molar-refractivity contribution in [1.82, 2.24) is 9.80 Å². The minimum Gasteiger partial charge on any atom is -0.384 e. The fourth-order valence-electron chi connectivity index (χ4n) is 2.28. The Morgan fingerprint density at radius 2 is 1.74 bits per heavy atom. The molecule has 1 unspecified atom stereocenters. The maximum Gasteiger partial charge on any atom is 0.0994 e. The minimum atomic E-state index is -0.782. The molecule has 1 aromatic carbocycles. The zero-order valence-electron chi connectivity index (χ0n) is 12.8. The molecule has 0 heterocycles. The molecule has 1 atom stereocenters. The molecule has 0 aliphatic carbocycles. The van der Waals surface area contributed by atoms with E-state index in [2.05, 4.69) is 30.8 Å². The highest BCUT2D eigenvalue weighted by Gasteiger charge is 2.25. The minimum absolute atomic E-state index is 0.681. The highest BCUT2D eigenvalue weighted by molar-refractivity contribution is 5.21. The first-order chi connectivity index (χ1) is 8.95. The monoisotopic (exact) mass is 264 g/mol. The standard InChI is InChI=1S/C16H28N2O/c1-5-18(13-9-12-17(3)4)14-16(2,19)15-10-7-6-8-11-15/h6-8,10-11,19H,5,9,12-14H2,1-4H3. The van der Waals surface area contributed by atoms with Crippen molar-refractivity contribution in [3.63, 3.8) is 0 Å². The second-order valence-electron chi connectivity index (χ2n) is 5.67. The Balaban J connectivity index is 2.54. The molecule has 0 spiro atoms. The van der Waals surface area contributed by atoms with E-state index in [4.69, 9.17) is 0 Å². The van der Waals surface area contributed by atoms with Crippen molar-refractivity contribution >= 4 is 0 Å². The highest BCUT2D eigenvalue weighted by Crippen LogP contribution is 2.21. The van der Waals surface area contributed by atoms with Crippen LogP contribution in [0.1, 0.15) is 25.8 Å². The fourth-order valence-corrected chi connectivity index (χ4v) is 2.28. The van der Waals surface area contributed by atoms with E-state index < -0.39 is 5.60 Å². The van der Waals surface area contributed by atoms with Crippen LogP contribution in [0, 0.1) is 0 Å². The predicted molar refractivity (Wildman–Crippen MR) is 81.3 cm³/mol. The van der Waals surface area contributed by atoms with Crippen LogP contribution in [-0.4, -0.2) is 55.2 Å². The van der Waals surface area contributed by atoms with Gasteiger partial charge in [-0.1, -0.05) is 37.3 Å². The molecule has 108 valence electrons. The molecular weight excluding hydrogens is 236 g/mol. The molecular formula is C16H28N2O. The Bertz CT molecular complexity index is 349. The summed E-state index contributed by atoms with van der Waals surface area (Å²) in [5.74, 6) is 0. The summed E-state index contributed by atoms with van der Waals surface area (Å²) in [7, 11) is 4.19. The molecule has 0 fully saturated rings. The van der Waals surface area contributed by atoms with Crippen LogP contribution in [0.15, 0.2) is 30.3 Å². The number of aliphatic hydroxyl groups is 1. The molecule has 0 aliphatic heterocycles. The van der Waals surface area contributed by atoms with Crippen LogP contribution in [0.2, 0.25) is 0 Å². The summed E-state index contributed by atoms with van der Waals surface area (Å²) in [5.41, 5.74) is 0.205. The smallest absolute Gasteiger partial charge is 0.0994 e. The van der Waals surface area contributed by atoms with E-state index in [1.54, 1.807) is 0 Å². The maximum atomic E-state index is 10.6. The van der Waals surface area contributed by atoms with Gasteiger partial charge in [0.05, 0.1) is 5.60 Å². The van der Waals surface area contributed by atoms with Gasteiger partial charge >= 0.3 is 0 Å². The molecule has 1 N–H and O–H groups in total. The first-order valence-electron chi connectivity index (χ1n) is 7.10. The Labute approximate surface area is 117 Å². The molecule has 0 radical (unpaired) electrons. The molecule has 0 aliphatic rings. The average molecular weight is 264 g/mol. The largest absolute Gasteiger partial charge is 0.384 e. The summed E-state index contributed by atoms with van der Waals surface area (Å²) in [4.78, 5) is 4.51. The summed E-state index contributed by atoms with van der Waals surface area (Å²) in [6, 6.07) is 9.92. The average Bonchev–Trinajstić information content (AvgIpc) is 2.38. The molecule has 0 amide bonds. The van der Waals surface area contributed by atoms with E-state index in [0.29, 0.717) is 6.54 Å². The van der Waals surface area contributed by atoms with E-state index in [0.717, 1.165) is 31.6 Å². The van der Waals surface area contributed by atoms with Crippen LogP contribution >= 0.6 is 0 Å². The van der Waals surface area contributed by atoms with E-state index in [1.165, 1.54) is 0 Å². The van der Waals surface area contributed by atoms with E-state index in [1.807, 2.05) is 37.3 Å². The van der Waals surface area contributed by atoms with Crippen molar-refractivity contribution < 1.29 is 5.11 Å². The summed E-state index contributed by atoms with van der Waals surface area (Å²) >= 11 is 0. The van der Waals surface area contributed by atoms with Gasteiger partial charge in [0, 0.05) is 6.54 Å². The predicted octanol–water partition coefficient (Wildman–Crippen LogP) is 2.17. The van der Waals surface area contributed by atoms with Gasteiger partial charge in [-0.05, 0) is 52.6 Å². The topological polar surface area (TPSA) is 26.7 Å². The number of hydrogen-bond donors (Lipinski definition) is 1. The Morgan fingerprint density at radius 1 is 1.11 bits per heavy atom. The lowest BCUT2D eigenvalue weighted by Gasteiger charge is -2.31. The van der Waals surface area contributed by atoms with Crippen molar-refractivity contribution in [2.75, 3.05) is 40.3 Å².